The van der Waals surface area contributed by atoms with E-state index in [1.54, 1.807) is 6.26 Å². The molecule has 1 heterocycles. The van der Waals surface area contributed by atoms with E-state index >= 15 is 0 Å². The van der Waals surface area contributed by atoms with E-state index in [1.807, 2.05) is 25.1 Å². The summed E-state index contributed by atoms with van der Waals surface area (Å²) in [6, 6.07) is 16.4. The molecule has 1 unspecified atom stereocenters. The van der Waals surface area contributed by atoms with E-state index in [-0.39, 0.29) is 6.04 Å². The maximum atomic E-state index is 5.70. The Kier molecular flexibility index (Phi) is 3.07. The highest BCUT2D eigenvalue weighted by Gasteiger charge is 2.17. The summed E-state index contributed by atoms with van der Waals surface area (Å²) in [5.74, 6) is 6.56. The first kappa shape index (κ1) is 12.0. The molecule has 0 spiro atoms. The Morgan fingerprint density at radius 2 is 1.84 bits per heavy atom. The third-order valence-electron chi connectivity index (χ3n) is 3.44. The fourth-order valence-electron chi connectivity index (χ4n) is 2.39. The van der Waals surface area contributed by atoms with Crippen LogP contribution in [0.3, 0.4) is 0 Å². The number of hydrazine groups is 1. The molecule has 0 aliphatic rings. The van der Waals surface area contributed by atoms with Gasteiger partial charge in [-0.2, -0.15) is 0 Å². The van der Waals surface area contributed by atoms with Gasteiger partial charge in [-0.3, -0.25) is 5.84 Å². The summed E-state index contributed by atoms with van der Waals surface area (Å²) in [4.78, 5) is 0. The van der Waals surface area contributed by atoms with E-state index in [2.05, 4.69) is 35.8 Å². The number of furan rings is 1. The first-order chi connectivity index (χ1) is 9.29. The monoisotopic (exact) mass is 252 g/mol. The highest BCUT2D eigenvalue weighted by Crippen LogP contribution is 2.27. The zero-order valence-corrected chi connectivity index (χ0v) is 10.8. The summed E-state index contributed by atoms with van der Waals surface area (Å²) in [6.07, 6.45) is 1.69. The van der Waals surface area contributed by atoms with Crippen molar-refractivity contribution in [1.82, 2.24) is 5.43 Å². The van der Waals surface area contributed by atoms with E-state index in [0.29, 0.717) is 0 Å². The molecular weight excluding hydrogens is 236 g/mol. The largest absolute Gasteiger partial charge is 0.467 e. The van der Waals surface area contributed by atoms with Crippen molar-refractivity contribution in [2.45, 2.75) is 13.0 Å². The van der Waals surface area contributed by atoms with Gasteiger partial charge in [0.15, 0.2) is 0 Å². The Labute approximate surface area is 112 Å². The molecule has 0 saturated carbocycles. The lowest BCUT2D eigenvalue weighted by molar-refractivity contribution is 0.449. The second kappa shape index (κ2) is 4.88. The van der Waals surface area contributed by atoms with Crippen molar-refractivity contribution >= 4 is 10.8 Å². The van der Waals surface area contributed by atoms with E-state index in [4.69, 9.17) is 10.3 Å². The molecule has 0 aliphatic carbocycles. The Balaban J connectivity index is 2.09. The zero-order valence-electron chi connectivity index (χ0n) is 10.8. The van der Waals surface area contributed by atoms with Crippen LogP contribution in [0.25, 0.3) is 10.8 Å². The fourth-order valence-corrected chi connectivity index (χ4v) is 2.39. The number of hydrogen-bond acceptors (Lipinski definition) is 3. The van der Waals surface area contributed by atoms with E-state index in [0.717, 1.165) is 16.9 Å². The highest BCUT2D eigenvalue weighted by atomic mass is 16.3. The van der Waals surface area contributed by atoms with Gasteiger partial charge in [-0.15, -0.1) is 0 Å². The van der Waals surface area contributed by atoms with Crippen LogP contribution >= 0.6 is 0 Å². The predicted molar refractivity (Wildman–Crippen MR) is 76.6 cm³/mol. The topological polar surface area (TPSA) is 51.2 Å². The Morgan fingerprint density at radius 3 is 2.53 bits per heavy atom. The van der Waals surface area contributed by atoms with Crippen molar-refractivity contribution < 1.29 is 4.42 Å². The molecule has 2 aromatic carbocycles. The molecule has 0 bridgehead atoms. The second-order valence-electron chi connectivity index (χ2n) is 4.67. The van der Waals surface area contributed by atoms with Crippen LogP contribution in [0.15, 0.2) is 59.2 Å². The van der Waals surface area contributed by atoms with Crippen LogP contribution in [0.2, 0.25) is 0 Å². The molecule has 3 N–H and O–H groups in total. The molecule has 3 nitrogen and oxygen atoms in total. The summed E-state index contributed by atoms with van der Waals surface area (Å²) in [5.41, 5.74) is 5.02. The SMILES string of the molecule is Cc1ccoc1C(NN)c1ccc2ccccc2c1. The van der Waals surface area contributed by atoms with Crippen LogP contribution in [0.4, 0.5) is 0 Å². The average molecular weight is 252 g/mol. The molecule has 3 rings (SSSR count). The summed E-state index contributed by atoms with van der Waals surface area (Å²) in [6.45, 7) is 2.02. The van der Waals surface area contributed by atoms with Gasteiger partial charge >= 0.3 is 0 Å². The standard InChI is InChI=1S/C16H16N2O/c1-11-8-9-19-16(11)15(18-17)14-7-6-12-4-2-3-5-13(12)10-14/h2-10,15,18H,17H2,1H3. The summed E-state index contributed by atoms with van der Waals surface area (Å²) in [7, 11) is 0. The number of benzene rings is 2. The lowest BCUT2D eigenvalue weighted by atomic mass is 9.99. The molecule has 0 amide bonds. The van der Waals surface area contributed by atoms with Crippen molar-refractivity contribution in [3.63, 3.8) is 0 Å². The van der Waals surface area contributed by atoms with Crippen LogP contribution in [0, 0.1) is 6.92 Å². The molecular formula is C16H16N2O. The molecule has 96 valence electrons. The summed E-state index contributed by atoms with van der Waals surface area (Å²) >= 11 is 0. The average Bonchev–Trinajstić information content (AvgIpc) is 2.86. The van der Waals surface area contributed by atoms with E-state index in [9.17, 15) is 0 Å². The van der Waals surface area contributed by atoms with Gasteiger partial charge in [0.05, 0.1) is 6.26 Å². The number of nitrogens with two attached hydrogens (primary N) is 1. The highest BCUT2D eigenvalue weighted by molar-refractivity contribution is 5.83. The molecule has 1 aromatic heterocycles. The molecule has 0 fully saturated rings. The van der Waals surface area contributed by atoms with Crippen molar-refractivity contribution in [2.24, 2.45) is 5.84 Å². The predicted octanol–water partition coefficient (Wildman–Crippen LogP) is 3.29. The minimum atomic E-state index is -0.125. The van der Waals surface area contributed by atoms with E-state index < -0.39 is 0 Å². The zero-order chi connectivity index (χ0) is 13.2. The van der Waals surface area contributed by atoms with Crippen molar-refractivity contribution in [3.8, 4) is 0 Å². The first-order valence-electron chi connectivity index (χ1n) is 6.28. The van der Waals surface area contributed by atoms with Crippen LogP contribution in [-0.4, -0.2) is 0 Å². The van der Waals surface area contributed by atoms with Crippen LogP contribution in [0.5, 0.6) is 0 Å². The van der Waals surface area contributed by atoms with E-state index in [1.165, 1.54) is 10.8 Å². The quantitative estimate of drug-likeness (QED) is 0.555. The van der Waals surface area contributed by atoms with Gasteiger partial charge in [-0.1, -0.05) is 36.4 Å². The second-order valence-corrected chi connectivity index (χ2v) is 4.67. The van der Waals surface area contributed by atoms with Crippen LogP contribution in [0.1, 0.15) is 22.9 Å². The van der Waals surface area contributed by atoms with Crippen molar-refractivity contribution in [2.75, 3.05) is 0 Å². The van der Waals surface area contributed by atoms with Gasteiger partial charge in [0, 0.05) is 0 Å². The molecule has 3 heteroatoms. The lowest BCUT2D eigenvalue weighted by Gasteiger charge is -2.15. The molecule has 0 saturated heterocycles. The Hall–Kier alpha value is -2.10. The molecule has 19 heavy (non-hydrogen) atoms. The maximum Gasteiger partial charge on any atom is 0.129 e. The van der Waals surface area contributed by atoms with Crippen molar-refractivity contribution in [3.05, 3.63) is 71.7 Å². The summed E-state index contributed by atoms with van der Waals surface area (Å²) in [5, 5.41) is 2.42. The Morgan fingerprint density at radius 1 is 1.05 bits per heavy atom. The number of nitrogens with one attached hydrogen (secondary N) is 1. The van der Waals surface area contributed by atoms with Gasteiger partial charge in [0.2, 0.25) is 0 Å². The van der Waals surface area contributed by atoms with Gasteiger partial charge in [0.1, 0.15) is 11.8 Å². The number of rotatable bonds is 3. The van der Waals surface area contributed by atoms with Gasteiger partial charge in [-0.05, 0) is 41.0 Å². The molecule has 1 atom stereocenters. The van der Waals surface area contributed by atoms with Gasteiger partial charge < -0.3 is 4.42 Å². The minimum Gasteiger partial charge on any atom is -0.467 e. The molecule has 0 radical (unpaired) electrons. The van der Waals surface area contributed by atoms with Crippen molar-refractivity contribution in [1.29, 1.82) is 0 Å². The fraction of sp³-hybridized carbons (Fsp3) is 0.125. The normalized spacial score (nSPS) is 12.7. The lowest BCUT2D eigenvalue weighted by Crippen LogP contribution is -2.28. The molecule has 3 aromatic rings. The minimum absolute atomic E-state index is 0.125. The van der Waals surface area contributed by atoms with Crippen LogP contribution < -0.4 is 11.3 Å². The van der Waals surface area contributed by atoms with Gasteiger partial charge in [0.25, 0.3) is 0 Å². The third-order valence-corrected chi connectivity index (χ3v) is 3.44. The third kappa shape index (κ3) is 2.14. The maximum absolute atomic E-state index is 5.70. The van der Waals surface area contributed by atoms with Crippen LogP contribution in [-0.2, 0) is 0 Å². The molecule has 0 aliphatic heterocycles. The number of aryl methyl sites for hydroxylation is 1. The summed E-state index contributed by atoms with van der Waals surface area (Å²) < 4.78 is 5.54. The van der Waals surface area contributed by atoms with Gasteiger partial charge in [-0.25, -0.2) is 5.43 Å². The number of fused-ring (bicyclic) bond motifs is 1. The number of hydrogen-bond donors (Lipinski definition) is 2. The Bertz CT molecular complexity index is 703. The smallest absolute Gasteiger partial charge is 0.129 e. The first-order valence-corrected chi connectivity index (χ1v) is 6.28.